The van der Waals surface area contributed by atoms with Crippen LogP contribution in [0.15, 0.2) is 47.6 Å². The van der Waals surface area contributed by atoms with E-state index >= 15 is 0 Å². The Labute approximate surface area is 149 Å². The third-order valence-corrected chi connectivity index (χ3v) is 3.96. The molecule has 1 aliphatic rings. The number of ether oxygens (including phenoxy) is 2. The number of aryl methyl sites for hydroxylation is 1. The molecule has 0 aliphatic carbocycles. The van der Waals surface area contributed by atoms with Gasteiger partial charge in [0.05, 0.1) is 10.6 Å². The summed E-state index contributed by atoms with van der Waals surface area (Å²) in [5.41, 5.74) is 3.97. The van der Waals surface area contributed by atoms with E-state index in [0.29, 0.717) is 28.3 Å². The van der Waals surface area contributed by atoms with Gasteiger partial charge in [-0.3, -0.25) is 14.9 Å². The van der Waals surface area contributed by atoms with Gasteiger partial charge in [0.1, 0.15) is 6.61 Å². The van der Waals surface area contributed by atoms with Gasteiger partial charge in [0.25, 0.3) is 11.6 Å². The Morgan fingerprint density at radius 2 is 2.00 bits per heavy atom. The van der Waals surface area contributed by atoms with Crippen LogP contribution in [0.25, 0.3) is 0 Å². The number of carbonyl (C=O) groups excluding carboxylic acids is 1. The second kappa shape index (κ2) is 7.22. The normalized spacial score (nSPS) is 16.1. The van der Waals surface area contributed by atoms with Crippen LogP contribution in [0.5, 0.6) is 11.5 Å². The third kappa shape index (κ3) is 3.64. The second-order valence-corrected chi connectivity index (χ2v) is 5.80. The first kappa shape index (κ1) is 17.4. The van der Waals surface area contributed by atoms with E-state index in [-0.39, 0.29) is 12.3 Å². The van der Waals surface area contributed by atoms with Crippen molar-refractivity contribution in [1.29, 1.82) is 0 Å². The largest absolute Gasteiger partial charge is 0.485 e. The summed E-state index contributed by atoms with van der Waals surface area (Å²) in [6.45, 7) is 3.39. The summed E-state index contributed by atoms with van der Waals surface area (Å²) in [5.74, 6) is 0.623. The standard InChI is InChI=1S/C18H17N3O5/c1-11-7-8-13(9-14(11)21(23)24)12(2)19-20-18(22)17-10-25-15-5-3-4-6-16(15)26-17/h3-9,17H,10H2,1-2H3,(H,20,22). The first-order valence-electron chi connectivity index (χ1n) is 7.94. The summed E-state index contributed by atoms with van der Waals surface area (Å²) >= 11 is 0. The number of hydrogen-bond donors (Lipinski definition) is 1. The van der Waals surface area contributed by atoms with Crippen LogP contribution in [0.2, 0.25) is 0 Å². The van der Waals surface area contributed by atoms with Crippen LogP contribution in [0.1, 0.15) is 18.1 Å². The van der Waals surface area contributed by atoms with Crippen LogP contribution >= 0.6 is 0 Å². The molecule has 0 aromatic heterocycles. The van der Waals surface area contributed by atoms with Crippen molar-refractivity contribution in [3.8, 4) is 11.5 Å². The zero-order chi connectivity index (χ0) is 18.7. The maximum atomic E-state index is 12.2. The van der Waals surface area contributed by atoms with Crippen molar-refractivity contribution in [3.05, 3.63) is 63.7 Å². The van der Waals surface area contributed by atoms with Gasteiger partial charge in [-0.25, -0.2) is 5.43 Å². The lowest BCUT2D eigenvalue weighted by Gasteiger charge is -2.24. The average molecular weight is 355 g/mol. The Bertz CT molecular complexity index is 894. The average Bonchev–Trinajstić information content (AvgIpc) is 2.65. The number of carbonyl (C=O) groups is 1. The highest BCUT2D eigenvalue weighted by Crippen LogP contribution is 2.30. The Balaban J connectivity index is 1.69. The molecule has 3 rings (SSSR count). The number of rotatable bonds is 4. The smallest absolute Gasteiger partial charge is 0.284 e. The van der Waals surface area contributed by atoms with Crippen molar-refractivity contribution in [2.75, 3.05) is 6.61 Å². The molecular weight excluding hydrogens is 338 g/mol. The molecule has 2 aromatic rings. The van der Waals surface area contributed by atoms with E-state index in [1.165, 1.54) is 6.07 Å². The van der Waals surface area contributed by atoms with Crippen LogP contribution in [0.3, 0.4) is 0 Å². The number of amides is 1. The van der Waals surface area contributed by atoms with Gasteiger partial charge < -0.3 is 9.47 Å². The topological polar surface area (TPSA) is 103 Å². The highest BCUT2D eigenvalue weighted by molar-refractivity contribution is 6.00. The van der Waals surface area contributed by atoms with Crippen LogP contribution < -0.4 is 14.9 Å². The lowest BCUT2D eigenvalue weighted by molar-refractivity contribution is -0.385. The van der Waals surface area contributed by atoms with Crippen molar-refractivity contribution in [3.63, 3.8) is 0 Å². The summed E-state index contributed by atoms with van der Waals surface area (Å²) < 4.78 is 11.1. The van der Waals surface area contributed by atoms with E-state index in [9.17, 15) is 14.9 Å². The molecule has 26 heavy (non-hydrogen) atoms. The summed E-state index contributed by atoms with van der Waals surface area (Å²) in [4.78, 5) is 22.8. The molecule has 0 radical (unpaired) electrons. The predicted molar refractivity (Wildman–Crippen MR) is 94.5 cm³/mol. The highest BCUT2D eigenvalue weighted by Gasteiger charge is 2.27. The fraction of sp³-hybridized carbons (Fsp3) is 0.222. The number of nitrogens with zero attached hydrogens (tertiary/aromatic N) is 2. The van der Waals surface area contributed by atoms with Gasteiger partial charge in [-0.2, -0.15) is 5.10 Å². The van der Waals surface area contributed by atoms with Crippen LogP contribution in [0.4, 0.5) is 5.69 Å². The van der Waals surface area contributed by atoms with Crippen LogP contribution in [0, 0.1) is 17.0 Å². The van der Waals surface area contributed by atoms with Gasteiger partial charge in [0, 0.05) is 17.2 Å². The van der Waals surface area contributed by atoms with Crippen molar-refractivity contribution in [2.24, 2.45) is 5.10 Å². The number of hydrazone groups is 1. The SMILES string of the molecule is CC(=NNC(=O)C1COc2ccccc2O1)c1ccc(C)c([N+](=O)[O-])c1. The summed E-state index contributed by atoms with van der Waals surface area (Å²) in [5, 5.41) is 15.0. The molecule has 2 aromatic carbocycles. The fourth-order valence-corrected chi connectivity index (χ4v) is 2.46. The number of nitro benzene ring substituents is 1. The summed E-state index contributed by atoms with van der Waals surface area (Å²) in [7, 11) is 0. The molecule has 0 saturated heterocycles. The number of nitro groups is 1. The van der Waals surface area contributed by atoms with Crippen LogP contribution in [-0.2, 0) is 4.79 Å². The molecular formula is C18H17N3O5. The molecule has 1 aliphatic heterocycles. The molecule has 1 N–H and O–H groups in total. The Kier molecular flexibility index (Phi) is 4.83. The minimum Gasteiger partial charge on any atom is -0.485 e. The Morgan fingerprint density at radius 3 is 2.73 bits per heavy atom. The number of hydrogen-bond acceptors (Lipinski definition) is 6. The lowest BCUT2D eigenvalue weighted by Crippen LogP contribution is -2.42. The molecule has 134 valence electrons. The molecule has 0 spiro atoms. The van der Waals surface area contributed by atoms with Gasteiger partial charge in [0.2, 0.25) is 6.10 Å². The Morgan fingerprint density at radius 1 is 1.27 bits per heavy atom. The monoisotopic (exact) mass is 355 g/mol. The molecule has 1 atom stereocenters. The summed E-state index contributed by atoms with van der Waals surface area (Å²) in [6, 6.07) is 11.9. The van der Waals surface area contributed by atoms with E-state index in [1.54, 1.807) is 44.2 Å². The molecule has 1 heterocycles. The molecule has 8 nitrogen and oxygen atoms in total. The van der Waals surface area contributed by atoms with E-state index in [4.69, 9.17) is 9.47 Å². The zero-order valence-electron chi connectivity index (χ0n) is 14.3. The van der Waals surface area contributed by atoms with Gasteiger partial charge in [-0.1, -0.05) is 24.3 Å². The number of fused-ring (bicyclic) bond motifs is 1. The zero-order valence-corrected chi connectivity index (χ0v) is 14.3. The number of nitrogens with one attached hydrogen (secondary N) is 1. The predicted octanol–water partition coefficient (Wildman–Crippen LogP) is 2.58. The van der Waals surface area contributed by atoms with E-state index in [1.807, 2.05) is 6.07 Å². The van der Waals surface area contributed by atoms with E-state index < -0.39 is 16.9 Å². The molecule has 0 bridgehead atoms. The third-order valence-electron chi connectivity index (χ3n) is 3.96. The van der Waals surface area contributed by atoms with Crippen molar-refractivity contribution < 1.29 is 19.2 Å². The molecule has 0 saturated carbocycles. The lowest BCUT2D eigenvalue weighted by atomic mass is 10.1. The van der Waals surface area contributed by atoms with Crippen LogP contribution in [-0.4, -0.2) is 29.3 Å². The van der Waals surface area contributed by atoms with Gasteiger partial charge >= 0.3 is 0 Å². The molecule has 0 fully saturated rings. The minimum atomic E-state index is -0.825. The van der Waals surface area contributed by atoms with E-state index in [2.05, 4.69) is 10.5 Å². The number of benzene rings is 2. The van der Waals surface area contributed by atoms with Crippen molar-refractivity contribution in [1.82, 2.24) is 5.43 Å². The maximum absolute atomic E-state index is 12.2. The maximum Gasteiger partial charge on any atom is 0.284 e. The van der Waals surface area contributed by atoms with Gasteiger partial charge in [0.15, 0.2) is 11.5 Å². The van der Waals surface area contributed by atoms with Gasteiger partial charge in [-0.05, 0) is 26.0 Å². The Hall–Kier alpha value is -3.42. The highest BCUT2D eigenvalue weighted by atomic mass is 16.6. The molecule has 1 amide bonds. The van der Waals surface area contributed by atoms with Crippen molar-refractivity contribution in [2.45, 2.75) is 20.0 Å². The molecule has 1 unspecified atom stereocenters. The quantitative estimate of drug-likeness (QED) is 0.516. The van der Waals surface area contributed by atoms with Gasteiger partial charge in [-0.15, -0.1) is 0 Å². The van der Waals surface area contributed by atoms with E-state index in [0.717, 1.165) is 0 Å². The molecule has 8 heteroatoms. The fourth-order valence-electron chi connectivity index (χ4n) is 2.46. The second-order valence-electron chi connectivity index (χ2n) is 5.80. The summed E-state index contributed by atoms with van der Waals surface area (Å²) in [6.07, 6.45) is -0.825. The van der Waals surface area contributed by atoms with Crippen molar-refractivity contribution >= 4 is 17.3 Å². The minimum absolute atomic E-state index is 0.00370. The number of para-hydroxylation sites is 2. The first-order chi connectivity index (χ1) is 12.5. The first-order valence-corrected chi connectivity index (χ1v) is 7.94.